The summed E-state index contributed by atoms with van der Waals surface area (Å²) in [5, 5.41) is 0.653. The predicted molar refractivity (Wildman–Crippen MR) is 48.1 cm³/mol. The first-order valence-corrected chi connectivity index (χ1v) is 3.41. The number of hydrogen-bond acceptors (Lipinski definition) is 1. The molecule has 0 heterocycles. The number of halogens is 1. The average Bonchev–Trinajstić information content (AvgIpc) is 2.10. The summed E-state index contributed by atoms with van der Waals surface area (Å²) in [5.74, 6) is 0. The van der Waals surface area contributed by atoms with Crippen LogP contribution in [0.3, 0.4) is 0 Å². The third-order valence-electron chi connectivity index (χ3n) is 1.01. The Morgan fingerprint density at radius 2 is 1.64 bits per heavy atom. The van der Waals surface area contributed by atoms with E-state index in [9.17, 15) is 4.79 Å². The van der Waals surface area contributed by atoms with E-state index in [2.05, 4.69) is 13.2 Å². The Bertz CT molecular complexity index is 216. The van der Waals surface area contributed by atoms with Gasteiger partial charge in [-0.3, -0.25) is 4.79 Å². The summed E-state index contributed by atoms with van der Waals surface area (Å²) in [6.45, 7) is 6.00. The third kappa shape index (κ3) is 3.58. The van der Waals surface area contributed by atoms with Crippen LogP contribution in [0.2, 0.25) is 5.02 Å². The fraction of sp³-hybridized carbons (Fsp3) is 0. The van der Waals surface area contributed by atoms with Gasteiger partial charge < -0.3 is 0 Å². The standard InChI is InChI=1S/C7H5ClO.C2H4/c8-7-3-1-6(5-9)2-4-7;1-2/h1-5H;1-2H2. The minimum atomic E-state index is 0.652. The van der Waals surface area contributed by atoms with Crippen LogP contribution in [0.4, 0.5) is 0 Å². The molecule has 0 N–H and O–H groups in total. The van der Waals surface area contributed by atoms with E-state index >= 15 is 0 Å². The van der Waals surface area contributed by atoms with Gasteiger partial charge in [0, 0.05) is 10.6 Å². The number of aldehydes is 1. The summed E-state index contributed by atoms with van der Waals surface area (Å²) in [5.41, 5.74) is 0.652. The van der Waals surface area contributed by atoms with Crippen LogP contribution in [0.5, 0.6) is 0 Å². The maximum Gasteiger partial charge on any atom is 0.150 e. The van der Waals surface area contributed by atoms with E-state index in [1.165, 1.54) is 0 Å². The Morgan fingerprint density at radius 1 is 1.18 bits per heavy atom. The normalized spacial score (nSPS) is 7.73. The molecule has 1 aromatic carbocycles. The lowest BCUT2D eigenvalue weighted by molar-refractivity contribution is 0.112. The van der Waals surface area contributed by atoms with Gasteiger partial charge in [0.15, 0.2) is 0 Å². The molecule has 0 bridgehead atoms. The SMILES string of the molecule is C=C.O=Cc1ccc(Cl)cc1. The van der Waals surface area contributed by atoms with Crippen molar-refractivity contribution in [1.29, 1.82) is 0 Å². The minimum absolute atomic E-state index is 0.652. The van der Waals surface area contributed by atoms with Gasteiger partial charge in [-0.1, -0.05) is 23.7 Å². The van der Waals surface area contributed by atoms with Gasteiger partial charge in [0.05, 0.1) is 0 Å². The molecule has 0 saturated carbocycles. The predicted octanol–water partition coefficient (Wildman–Crippen LogP) is 2.95. The van der Waals surface area contributed by atoms with Gasteiger partial charge in [-0.25, -0.2) is 0 Å². The summed E-state index contributed by atoms with van der Waals surface area (Å²) < 4.78 is 0. The molecule has 1 nitrogen and oxygen atoms in total. The Balaban J connectivity index is 0.000000461. The number of carbonyl (C=O) groups is 1. The van der Waals surface area contributed by atoms with Crippen LogP contribution >= 0.6 is 11.6 Å². The van der Waals surface area contributed by atoms with Crippen molar-refractivity contribution >= 4 is 17.9 Å². The Hall–Kier alpha value is -1.08. The molecular weight excluding hydrogens is 160 g/mol. The first kappa shape index (κ1) is 9.92. The van der Waals surface area contributed by atoms with Gasteiger partial charge in [0.1, 0.15) is 6.29 Å². The van der Waals surface area contributed by atoms with E-state index < -0.39 is 0 Å². The van der Waals surface area contributed by atoms with Crippen LogP contribution in [0.15, 0.2) is 37.4 Å². The van der Waals surface area contributed by atoms with Crippen molar-refractivity contribution in [2.75, 3.05) is 0 Å². The van der Waals surface area contributed by atoms with Crippen molar-refractivity contribution in [2.24, 2.45) is 0 Å². The van der Waals surface area contributed by atoms with E-state index in [1.54, 1.807) is 24.3 Å². The third-order valence-corrected chi connectivity index (χ3v) is 1.26. The fourth-order valence-corrected chi connectivity index (χ4v) is 0.667. The average molecular weight is 169 g/mol. The van der Waals surface area contributed by atoms with E-state index in [4.69, 9.17) is 11.6 Å². The highest BCUT2D eigenvalue weighted by Crippen LogP contribution is 2.07. The molecule has 0 fully saturated rings. The second-order valence-electron chi connectivity index (χ2n) is 1.67. The van der Waals surface area contributed by atoms with E-state index in [-0.39, 0.29) is 0 Å². The van der Waals surface area contributed by atoms with Crippen molar-refractivity contribution < 1.29 is 4.79 Å². The van der Waals surface area contributed by atoms with Crippen molar-refractivity contribution in [3.63, 3.8) is 0 Å². The lowest BCUT2D eigenvalue weighted by Gasteiger charge is -1.87. The van der Waals surface area contributed by atoms with Crippen LogP contribution in [0, 0.1) is 0 Å². The number of rotatable bonds is 1. The van der Waals surface area contributed by atoms with Crippen LogP contribution in [0.1, 0.15) is 10.4 Å². The molecule has 0 saturated heterocycles. The first-order valence-electron chi connectivity index (χ1n) is 3.03. The van der Waals surface area contributed by atoms with Crippen LogP contribution in [-0.2, 0) is 0 Å². The van der Waals surface area contributed by atoms with Crippen molar-refractivity contribution in [3.05, 3.63) is 48.0 Å². The van der Waals surface area contributed by atoms with E-state index in [0.29, 0.717) is 10.6 Å². The van der Waals surface area contributed by atoms with E-state index in [0.717, 1.165) is 6.29 Å². The van der Waals surface area contributed by atoms with Gasteiger partial charge >= 0.3 is 0 Å². The maximum absolute atomic E-state index is 10.1. The largest absolute Gasteiger partial charge is 0.298 e. The molecule has 0 atom stereocenters. The van der Waals surface area contributed by atoms with Gasteiger partial charge in [-0.15, -0.1) is 13.2 Å². The molecule has 11 heavy (non-hydrogen) atoms. The molecule has 1 rings (SSSR count). The second-order valence-corrected chi connectivity index (χ2v) is 2.11. The summed E-state index contributed by atoms with van der Waals surface area (Å²) in [6, 6.07) is 6.72. The fourth-order valence-electron chi connectivity index (χ4n) is 0.541. The second kappa shape index (κ2) is 5.69. The Labute approximate surface area is 71.3 Å². The maximum atomic E-state index is 10.1. The molecule has 0 spiro atoms. The number of benzene rings is 1. The molecule has 0 unspecified atom stereocenters. The zero-order chi connectivity index (χ0) is 8.69. The Kier molecular flexibility index (Phi) is 5.13. The highest BCUT2D eigenvalue weighted by Gasteiger charge is 1.86. The summed E-state index contributed by atoms with van der Waals surface area (Å²) in [4.78, 5) is 10.1. The summed E-state index contributed by atoms with van der Waals surface area (Å²) >= 11 is 5.55. The lowest BCUT2D eigenvalue weighted by atomic mass is 10.2. The highest BCUT2D eigenvalue weighted by molar-refractivity contribution is 6.30. The molecule has 2 heteroatoms. The van der Waals surface area contributed by atoms with Crippen LogP contribution < -0.4 is 0 Å². The molecule has 0 radical (unpaired) electrons. The molecule has 0 aliphatic heterocycles. The van der Waals surface area contributed by atoms with Crippen LogP contribution in [-0.4, -0.2) is 6.29 Å². The zero-order valence-corrected chi connectivity index (χ0v) is 6.84. The molecule has 0 aromatic heterocycles. The van der Waals surface area contributed by atoms with E-state index in [1.807, 2.05) is 0 Å². The Morgan fingerprint density at radius 3 is 2.00 bits per heavy atom. The molecule has 0 aliphatic rings. The minimum Gasteiger partial charge on any atom is -0.298 e. The molecule has 1 aromatic rings. The number of hydrogen-bond donors (Lipinski definition) is 0. The summed E-state index contributed by atoms with van der Waals surface area (Å²) in [6.07, 6.45) is 0.788. The van der Waals surface area contributed by atoms with Crippen LogP contribution in [0.25, 0.3) is 0 Å². The van der Waals surface area contributed by atoms with Gasteiger partial charge in [0.25, 0.3) is 0 Å². The van der Waals surface area contributed by atoms with Crippen molar-refractivity contribution in [2.45, 2.75) is 0 Å². The van der Waals surface area contributed by atoms with Gasteiger partial charge in [-0.2, -0.15) is 0 Å². The smallest absolute Gasteiger partial charge is 0.150 e. The quantitative estimate of drug-likeness (QED) is 0.466. The van der Waals surface area contributed by atoms with Gasteiger partial charge in [0.2, 0.25) is 0 Å². The van der Waals surface area contributed by atoms with Crippen molar-refractivity contribution in [1.82, 2.24) is 0 Å². The topological polar surface area (TPSA) is 17.1 Å². The van der Waals surface area contributed by atoms with Gasteiger partial charge in [-0.05, 0) is 12.1 Å². The molecule has 0 aliphatic carbocycles. The monoisotopic (exact) mass is 168 g/mol. The molecular formula is C9H9ClO. The first-order chi connectivity index (χ1) is 5.33. The number of carbonyl (C=O) groups excluding carboxylic acids is 1. The molecule has 58 valence electrons. The van der Waals surface area contributed by atoms with Crippen molar-refractivity contribution in [3.8, 4) is 0 Å². The summed E-state index contributed by atoms with van der Waals surface area (Å²) in [7, 11) is 0. The lowest BCUT2D eigenvalue weighted by Crippen LogP contribution is -1.74. The highest BCUT2D eigenvalue weighted by atomic mass is 35.5. The molecule has 0 amide bonds. The zero-order valence-electron chi connectivity index (χ0n) is 6.09.